The predicted molar refractivity (Wildman–Crippen MR) is 52.1 cm³/mol. The summed E-state index contributed by atoms with van der Waals surface area (Å²) in [6, 6.07) is 0. The van der Waals surface area contributed by atoms with E-state index < -0.39 is 6.10 Å². The van der Waals surface area contributed by atoms with E-state index in [4.69, 9.17) is 0 Å². The monoisotopic (exact) mass is 197 g/mol. The van der Waals surface area contributed by atoms with E-state index in [1.54, 1.807) is 6.92 Å². The fraction of sp³-hybridized carbons (Fsp3) is 0.750. The standard InChI is InChI=1S/C8H15N5O/c1-6(14)7-10-8(12-11-7)13-4-2-9-3-5-13/h6,9,14H,2-5H2,1H3,(H,10,11,12)/t6-/m0/s1. The zero-order chi connectivity index (χ0) is 9.97. The first-order valence-electron chi connectivity index (χ1n) is 4.83. The minimum Gasteiger partial charge on any atom is -0.385 e. The SMILES string of the molecule is C[C@H](O)c1nc(N2CCNCC2)n[nH]1. The molecule has 78 valence electrons. The van der Waals surface area contributed by atoms with Crippen LogP contribution in [0, 0.1) is 0 Å². The van der Waals surface area contributed by atoms with E-state index in [9.17, 15) is 5.11 Å². The number of aliphatic hydroxyl groups is 1. The smallest absolute Gasteiger partial charge is 0.244 e. The van der Waals surface area contributed by atoms with Crippen molar-refractivity contribution in [3.8, 4) is 0 Å². The molecule has 0 aromatic carbocycles. The number of aliphatic hydroxyl groups excluding tert-OH is 1. The van der Waals surface area contributed by atoms with Gasteiger partial charge in [-0.2, -0.15) is 4.98 Å². The van der Waals surface area contributed by atoms with Gasteiger partial charge in [0.05, 0.1) is 0 Å². The molecule has 0 bridgehead atoms. The van der Waals surface area contributed by atoms with E-state index in [0.29, 0.717) is 11.8 Å². The summed E-state index contributed by atoms with van der Waals surface area (Å²) >= 11 is 0. The molecular formula is C8H15N5O. The second kappa shape index (κ2) is 3.93. The van der Waals surface area contributed by atoms with E-state index in [0.717, 1.165) is 26.2 Å². The summed E-state index contributed by atoms with van der Waals surface area (Å²) in [6.07, 6.45) is -0.584. The summed E-state index contributed by atoms with van der Waals surface area (Å²) in [5.41, 5.74) is 0. The van der Waals surface area contributed by atoms with Gasteiger partial charge in [-0.05, 0) is 6.92 Å². The van der Waals surface area contributed by atoms with Crippen molar-refractivity contribution < 1.29 is 5.11 Å². The summed E-state index contributed by atoms with van der Waals surface area (Å²) in [5, 5.41) is 19.3. The van der Waals surface area contributed by atoms with Crippen LogP contribution in [0.25, 0.3) is 0 Å². The third kappa shape index (κ3) is 1.85. The number of piperazine rings is 1. The number of nitrogens with one attached hydrogen (secondary N) is 2. The first-order valence-corrected chi connectivity index (χ1v) is 4.83. The quantitative estimate of drug-likeness (QED) is 0.582. The van der Waals surface area contributed by atoms with Crippen molar-refractivity contribution in [1.29, 1.82) is 0 Å². The van der Waals surface area contributed by atoms with Gasteiger partial charge in [0, 0.05) is 26.2 Å². The Labute approximate surface area is 82.3 Å². The van der Waals surface area contributed by atoms with Crippen molar-refractivity contribution in [2.24, 2.45) is 0 Å². The van der Waals surface area contributed by atoms with Crippen LogP contribution in [0.15, 0.2) is 0 Å². The Balaban J connectivity index is 2.07. The molecule has 14 heavy (non-hydrogen) atoms. The molecule has 0 spiro atoms. The summed E-state index contributed by atoms with van der Waals surface area (Å²) < 4.78 is 0. The molecule has 1 saturated heterocycles. The highest BCUT2D eigenvalue weighted by Crippen LogP contribution is 2.11. The minimum absolute atomic E-state index is 0.526. The van der Waals surface area contributed by atoms with E-state index in [1.165, 1.54) is 0 Å². The topological polar surface area (TPSA) is 77.1 Å². The van der Waals surface area contributed by atoms with Crippen LogP contribution in [-0.4, -0.2) is 46.5 Å². The average molecular weight is 197 g/mol. The number of H-pyrrole nitrogens is 1. The molecule has 2 rings (SSSR count). The minimum atomic E-state index is -0.584. The molecule has 1 aromatic heterocycles. The molecule has 1 aromatic rings. The Bertz CT molecular complexity index is 292. The summed E-state index contributed by atoms with van der Waals surface area (Å²) in [7, 11) is 0. The summed E-state index contributed by atoms with van der Waals surface area (Å²) in [4.78, 5) is 6.31. The van der Waals surface area contributed by atoms with Crippen molar-refractivity contribution in [3.05, 3.63) is 5.82 Å². The fourth-order valence-electron chi connectivity index (χ4n) is 1.46. The Kier molecular flexibility index (Phi) is 2.64. The van der Waals surface area contributed by atoms with Gasteiger partial charge in [-0.3, -0.25) is 5.10 Å². The van der Waals surface area contributed by atoms with Gasteiger partial charge in [0.25, 0.3) is 0 Å². The third-order valence-electron chi connectivity index (χ3n) is 2.29. The molecule has 1 aliphatic heterocycles. The second-order valence-electron chi connectivity index (χ2n) is 3.43. The number of aromatic nitrogens is 3. The number of hydrogen-bond donors (Lipinski definition) is 3. The molecule has 1 atom stereocenters. The molecule has 6 heteroatoms. The van der Waals surface area contributed by atoms with Gasteiger partial charge < -0.3 is 15.3 Å². The molecule has 0 aliphatic carbocycles. The lowest BCUT2D eigenvalue weighted by Gasteiger charge is -2.25. The normalized spacial score (nSPS) is 19.7. The zero-order valence-electron chi connectivity index (χ0n) is 8.19. The lowest BCUT2D eigenvalue weighted by molar-refractivity contribution is 0.189. The number of anilines is 1. The molecule has 0 radical (unpaired) electrons. The highest BCUT2D eigenvalue weighted by atomic mass is 16.3. The van der Waals surface area contributed by atoms with Crippen molar-refractivity contribution in [3.63, 3.8) is 0 Å². The summed E-state index contributed by atoms with van der Waals surface area (Å²) in [5.74, 6) is 1.21. The Hall–Kier alpha value is -1.14. The van der Waals surface area contributed by atoms with Gasteiger partial charge in [-0.1, -0.05) is 0 Å². The van der Waals surface area contributed by atoms with Crippen LogP contribution < -0.4 is 10.2 Å². The lowest BCUT2D eigenvalue weighted by atomic mass is 10.4. The molecule has 2 heterocycles. The average Bonchev–Trinajstić information content (AvgIpc) is 2.68. The fourth-order valence-corrected chi connectivity index (χ4v) is 1.46. The van der Waals surface area contributed by atoms with Gasteiger partial charge in [0.1, 0.15) is 6.10 Å². The van der Waals surface area contributed by atoms with Crippen molar-refractivity contribution >= 4 is 5.95 Å². The number of aromatic amines is 1. The van der Waals surface area contributed by atoms with Crippen molar-refractivity contribution in [1.82, 2.24) is 20.5 Å². The zero-order valence-corrected chi connectivity index (χ0v) is 8.19. The van der Waals surface area contributed by atoms with E-state index in [1.807, 2.05) is 0 Å². The summed E-state index contributed by atoms with van der Waals surface area (Å²) in [6.45, 7) is 5.41. The molecule has 0 saturated carbocycles. The van der Waals surface area contributed by atoms with E-state index >= 15 is 0 Å². The highest BCUT2D eigenvalue weighted by Gasteiger charge is 2.16. The largest absolute Gasteiger partial charge is 0.385 e. The molecule has 3 N–H and O–H groups in total. The second-order valence-corrected chi connectivity index (χ2v) is 3.43. The third-order valence-corrected chi connectivity index (χ3v) is 2.29. The Morgan fingerprint density at radius 3 is 2.71 bits per heavy atom. The van der Waals surface area contributed by atoms with Gasteiger partial charge in [0.2, 0.25) is 5.95 Å². The van der Waals surface area contributed by atoms with Crippen LogP contribution in [0.5, 0.6) is 0 Å². The van der Waals surface area contributed by atoms with Crippen LogP contribution in [0.4, 0.5) is 5.95 Å². The lowest BCUT2D eigenvalue weighted by Crippen LogP contribution is -2.44. The van der Waals surface area contributed by atoms with Crippen LogP contribution >= 0.6 is 0 Å². The van der Waals surface area contributed by atoms with Crippen LogP contribution in [0.2, 0.25) is 0 Å². The maximum absolute atomic E-state index is 9.27. The molecule has 0 unspecified atom stereocenters. The Morgan fingerprint density at radius 1 is 1.43 bits per heavy atom. The van der Waals surface area contributed by atoms with Gasteiger partial charge >= 0.3 is 0 Å². The Morgan fingerprint density at radius 2 is 2.14 bits per heavy atom. The van der Waals surface area contributed by atoms with Crippen LogP contribution in [0.3, 0.4) is 0 Å². The predicted octanol–water partition coefficient (Wildman–Crippen LogP) is -0.732. The number of nitrogens with zero attached hydrogens (tertiary/aromatic N) is 3. The molecule has 6 nitrogen and oxygen atoms in total. The maximum atomic E-state index is 9.27. The van der Waals surface area contributed by atoms with Crippen LogP contribution in [0.1, 0.15) is 18.9 Å². The highest BCUT2D eigenvalue weighted by molar-refractivity contribution is 5.29. The first kappa shape index (κ1) is 9.42. The molecule has 1 aliphatic rings. The van der Waals surface area contributed by atoms with Crippen LogP contribution in [-0.2, 0) is 0 Å². The number of rotatable bonds is 2. The van der Waals surface area contributed by atoms with Gasteiger partial charge in [-0.25, -0.2) is 0 Å². The van der Waals surface area contributed by atoms with Crippen molar-refractivity contribution in [2.45, 2.75) is 13.0 Å². The number of hydrogen-bond acceptors (Lipinski definition) is 5. The van der Waals surface area contributed by atoms with Gasteiger partial charge in [-0.15, -0.1) is 5.10 Å². The molecule has 1 fully saturated rings. The first-order chi connectivity index (χ1) is 6.77. The molecular weight excluding hydrogens is 182 g/mol. The van der Waals surface area contributed by atoms with Gasteiger partial charge in [0.15, 0.2) is 5.82 Å². The maximum Gasteiger partial charge on any atom is 0.244 e. The molecule has 0 amide bonds. The van der Waals surface area contributed by atoms with E-state index in [2.05, 4.69) is 25.4 Å². The van der Waals surface area contributed by atoms with Crippen molar-refractivity contribution in [2.75, 3.05) is 31.1 Å². The van der Waals surface area contributed by atoms with E-state index in [-0.39, 0.29) is 0 Å².